The van der Waals surface area contributed by atoms with Gasteiger partial charge < -0.3 is 5.32 Å². The SMILES string of the molecule is CNC(C)c1sc(C)cc1C. The van der Waals surface area contributed by atoms with Crippen molar-refractivity contribution >= 4 is 11.3 Å². The lowest BCUT2D eigenvalue weighted by atomic mass is 10.2. The molecule has 0 amide bonds. The molecule has 0 aliphatic carbocycles. The molecule has 0 aromatic carbocycles. The normalized spacial score (nSPS) is 13.5. The third kappa shape index (κ3) is 1.82. The second-order valence-corrected chi connectivity index (χ2v) is 4.20. The maximum Gasteiger partial charge on any atom is 0.0386 e. The number of nitrogens with one attached hydrogen (secondary N) is 1. The lowest BCUT2D eigenvalue weighted by Crippen LogP contribution is -2.11. The van der Waals surface area contributed by atoms with Crippen molar-refractivity contribution in [3.8, 4) is 0 Å². The largest absolute Gasteiger partial charge is 0.313 e. The Hall–Kier alpha value is -0.340. The summed E-state index contributed by atoms with van der Waals surface area (Å²) < 4.78 is 0. The third-order valence-electron chi connectivity index (χ3n) is 1.91. The third-order valence-corrected chi connectivity index (χ3v) is 3.24. The van der Waals surface area contributed by atoms with Crippen molar-refractivity contribution in [3.63, 3.8) is 0 Å². The van der Waals surface area contributed by atoms with Gasteiger partial charge in [-0.3, -0.25) is 0 Å². The van der Waals surface area contributed by atoms with Crippen LogP contribution in [0.1, 0.15) is 28.3 Å². The van der Waals surface area contributed by atoms with Gasteiger partial charge in [0.15, 0.2) is 0 Å². The summed E-state index contributed by atoms with van der Waals surface area (Å²) in [6.45, 7) is 6.52. The molecule has 1 aromatic heterocycles. The van der Waals surface area contributed by atoms with Crippen LogP contribution < -0.4 is 5.32 Å². The molecule has 0 spiro atoms. The summed E-state index contributed by atoms with van der Waals surface area (Å²) in [5.74, 6) is 0. The summed E-state index contributed by atoms with van der Waals surface area (Å²) in [7, 11) is 2.00. The van der Waals surface area contributed by atoms with Gasteiger partial charge in [-0.2, -0.15) is 0 Å². The first-order chi connectivity index (χ1) is 5.15. The Kier molecular flexibility index (Phi) is 2.68. The number of hydrogen-bond acceptors (Lipinski definition) is 2. The zero-order valence-electron chi connectivity index (χ0n) is 7.56. The summed E-state index contributed by atoms with van der Waals surface area (Å²) in [4.78, 5) is 2.87. The summed E-state index contributed by atoms with van der Waals surface area (Å²) in [6, 6.07) is 2.74. The number of rotatable bonds is 2. The molecule has 1 rings (SSSR count). The predicted octanol–water partition coefficient (Wildman–Crippen LogP) is 2.65. The molecule has 0 fully saturated rings. The molecule has 0 bridgehead atoms. The molecule has 0 radical (unpaired) electrons. The van der Waals surface area contributed by atoms with Gasteiger partial charge in [-0.25, -0.2) is 0 Å². The Bertz CT molecular complexity index is 240. The van der Waals surface area contributed by atoms with Crippen LogP contribution in [0.3, 0.4) is 0 Å². The van der Waals surface area contributed by atoms with Gasteiger partial charge in [0.25, 0.3) is 0 Å². The van der Waals surface area contributed by atoms with E-state index in [9.17, 15) is 0 Å². The Morgan fingerprint density at radius 3 is 2.45 bits per heavy atom. The van der Waals surface area contributed by atoms with E-state index in [4.69, 9.17) is 0 Å². The monoisotopic (exact) mass is 169 g/mol. The van der Waals surface area contributed by atoms with Gasteiger partial charge in [0.05, 0.1) is 0 Å². The van der Waals surface area contributed by atoms with Crippen LogP contribution in [0.15, 0.2) is 6.07 Å². The van der Waals surface area contributed by atoms with Crippen LogP contribution in [-0.2, 0) is 0 Å². The van der Waals surface area contributed by atoms with Crippen LogP contribution in [-0.4, -0.2) is 7.05 Å². The fraction of sp³-hybridized carbons (Fsp3) is 0.556. The molecular formula is C9H15NS. The number of hydrogen-bond donors (Lipinski definition) is 1. The van der Waals surface area contributed by atoms with Crippen molar-refractivity contribution in [3.05, 3.63) is 21.4 Å². The molecule has 1 atom stereocenters. The highest BCUT2D eigenvalue weighted by Crippen LogP contribution is 2.26. The van der Waals surface area contributed by atoms with Crippen LogP contribution in [0.4, 0.5) is 0 Å². The average molecular weight is 169 g/mol. The van der Waals surface area contributed by atoms with Crippen LogP contribution in [0.25, 0.3) is 0 Å². The van der Waals surface area contributed by atoms with Crippen molar-refractivity contribution in [2.24, 2.45) is 0 Å². The van der Waals surface area contributed by atoms with E-state index in [0.717, 1.165) is 0 Å². The fourth-order valence-electron chi connectivity index (χ4n) is 1.22. The highest BCUT2D eigenvalue weighted by Gasteiger charge is 2.08. The lowest BCUT2D eigenvalue weighted by molar-refractivity contribution is 0.661. The number of thiophene rings is 1. The van der Waals surface area contributed by atoms with Gasteiger partial charge in [-0.1, -0.05) is 0 Å². The maximum absolute atomic E-state index is 3.25. The molecule has 0 saturated heterocycles. The van der Waals surface area contributed by atoms with E-state index in [1.165, 1.54) is 15.3 Å². The average Bonchev–Trinajstić information content (AvgIpc) is 2.28. The molecule has 1 aromatic rings. The fourth-order valence-corrected chi connectivity index (χ4v) is 2.32. The van der Waals surface area contributed by atoms with E-state index in [1.807, 2.05) is 18.4 Å². The highest BCUT2D eigenvalue weighted by atomic mass is 32.1. The highest BCUT2D eigenvalue weighted by molar-refractivity contribution is 7.12. The molecule has 11 heavy (non-hydrogen) atoms. The topological polar surface area (TPSA) is 12.0 Å². The van der Waals surface area contributed by atoms with Crippen LogP contribution in [0.2, 0.25) is 0 Å². The van der Waals surface area contributed by atoms with E-state index >= 15 is 0 Å². The maximum atomic E-state index is 3.25. The molecule has 1 nitrogen and oxygen atoms in total. The summed E-state index contributed by atoms with van der Waals surface area (Å²) >= 11 is 1.88. The Balaban J connectivity index is 2.93. The van der Waals surface area contributed by atoms with Gasteiger partial charge in [-0.15, -0.1) is 11.3 Å². The van der Waals surface area contributed by atoms with Gasteiger partial charge >= 0.3 is 0 Å². The smallest absolute Gasteiger partial charge is 0.0386 e. The molecule has 0 saturated carbocycles. The summed E-state index contributed by atoms with van der Waals surface area (Å²) in [5, 5.41) is 3.25. The zero-order valence-corrected chi connectivity index (χ0v) is 8.38. The van der Waals surface area contributed by atoms with Crippen LogP contribution in [0.5, 0.6) is 0 Å². The first-order valence-electron chi connectivity index (χ1n) is 3.89. The van der Waals surface area contributed by atoms with E-state index in [2.05, 4.69) is 32.2 Å². The van der Waals surface area contributed by atoms with Gasteiger partial charge in [0.2, 0.25) is 0 Å². The van der Waals surface area contributed by atoms with E-state index < -0.39 is 0 Å². The van der Waals surface area contributed by atoms with Crippen molar-refractivity contribution < 1.29 is 0 Å². The van der Waals surface area contributed by atoms with Gasteiger partial charge in [0.1, 0.15) is 0 Å². The molecule has 62 valence electrons. The van der Waals surface area contributed by atoms with E-state index in [0.29, 0.717) is 6.04 Å². The minimum atomic E-state index is 0.494. The molecule has 0 aliphatic heterocycles. The van der Waals surface area contributed by atoms with Crippen molar-refractivity contribution in [2.45, 2.75) is 26.8 Å². The van der Waals surface area contributed by atoms with Crippen molar-refractivity contribution in [1.29, 1.82) is 0 Å². The zero-order chi connectivity index (χ0) is 8.43. The first kappa shape index (κ1) is 8.75. The molecule has 1 unspecified atom stereocenters. The number of aryl methyl sites for hydroxylation is 2. The predicted molar refractivity (Wildman–Crippen MR) is 51.3 cm³/mol. The van der Waals surface area contributed by atoms with Gasteiger partial charge in [0, 0.05) is 15.8 Å². The quantitative estimate of drug-likeness (QED) is 0.717. The van der Waals surface area contributed by atoms with E-state index in [1.54, 1.807) is 0 Å². The van der Waals surface area contributed by atoms with E-state index in [-0.39, 0.29) is 0 Å². The minimum absolute atomic E-state index is 0.494. The Labute approximate surface area is 72.4 Å². The molecule has 1 heterocycles. The summed E-state index contributed by atoms with van der Waals surface area (Å²) in [6.07, 6.45) is 0. The van der Waals surface area contributed by atoms with Crippen LogP contribution in [0, 0.1) is 13.8 Å². The lowest BCUT2D eigenvalue weighted by Gasteiger charge is -2.07. The second kappa shape index (κ2) is 3.37. The summed E-state index contributed by atoms with van der Waals surface area (Å²) in [5.41, 5.74) is 1.41. The standard InChI is InChI=1S/C9H15NS/c1-6-5-7(2)11-9(6)8(3)10-4/h5,8,10H,1-4H3. The first-order valence-corrected chi connectivity index (χ1v) is 4.71. The molecule has 2 heteroatoms. The molecule has 0 aliphatic rings. The minimum Gasteiger partial charge on any atom is -0.313 e. The van der Waals surface area contributed by atoms with Crippen molar-refractivity contribution in [1.82, 2.24) is 5.32 Å². The molecule has 1 N–H and O–H groups in total. The Morgan fingerprint density at radius 1 is 1.45 bits per heavy atom. The van der Waals surface area contributed by atoms with Gasteiger partial charge in [-0.05, 0) is 39.4 Å². The van der Waals surface area contributed by atoms with Crippen molar-refractivity contribution in [2.75, 3.05) is 7.05 Å². The second-order valence-electron chi connectivity index (χ2n) is 2.91. The molecular weight excluding hydrogens is 154 g/mol. The van der Waals surface area contributed by atoms with Crippen LogP contribution >= 0.6 is 11.3 Å². The Morgan fingerprint density at radius 2 is 2.09 bits per heavy atom.